The Kier molecular flexibility index (Phi) is 7.70. The summed E-state index contributed by atoms with van der Waals surface area (Å²) in [5.41, 5.74) is 2.45. The van der Waals surface area contributed by atoms with Gasteiger partial charge in [-0.3, -0.25) is 9.59 Å². The smallest absolute Gasteiger partial charge is 0.295 e. The number of likely N-dealkylation sites (tertiary alicyclic amines) is 1. The SMILES string of the molecule is CCCCOc1cccc(/C(O)=C2\C(=O)C(=O)N(CCN(C)C)C2c2ccc(C)cc2)c1. The van der Waals surface area contributed by atoms with Crippen molar-refractivity contribution in [2.45, 2.75) is 32.7 Å². The van der Waals surface area contributed by atoms with Crippen LogP contribution in [0.3, 0.4) is 0 Å². The number of Topliss-reactive ketones (excluding diaryl/α,β-unsaturated/α-hetero) is 1. The van der Waals surface area contributed by atoms with Crippen molar-refractivity contribution in [3.05, 3.63) is 70.8 Å². The number of aliphatic hydroxyl groups is 1. The molecule has 1 atom stereocenters. The van der Waals surface area contributed by atoms with Crippen LogP contribution in [0, 0.1) is 6.92 Å². The number of aryl methyl sites for hydroxylation is 1. The van der Waals surface area contributed by atoms with Gasteiger partial charge in [0.2, 0.25) is 0 Å². The van der Waals surface area contributed by atoms with E-state index in [0.29, 0.717) is 31.0 Å². The van der Waals surface area contributed by atoms with Crippen molar-refractivity contribution in [2.75, 3.05) is 33.8 Å². The van der Waals surface area contributed by atoms with Crippen molar-refractivity contribution < 1.29 is 19.4 Å². The largest absolute Gasteiger partial charge is 0.507 e. The summed E-state index contributed by atoms with van der Waals surface area (Å²) in [6, 6.07) is 14.1. The molecule has 1 fully saturated rings. The second-order valence-corrected chi connectivity index (χ2v) is 8.44. The summed E-state index contributed by atoms with van der Waals surface area (Å²) >= 11 is 0. The zero-order valence-electron chi connectivity index (χ0n) is 19.3. The molecule has 0 aromatic heterocycles. The zero-order valence-corrected chi connectivity index (χ0v) is 19.3. The minimum atomic E-state index is -0.663. The highest BCUT2D eigenvalue weighted by Gasteiger charge is 2.45. The van der Waals surface area contributed by atoms with Gasteiger partial charge in [-0.2, -0.15) is 0 Å². The highest BCUT2D eigenvalue weighted by Crippen LogP contribution is 2.39. The number of nitrogens with zero attached hydrogens (tertiary/aromatic N) is 2. The number of rotatable bonds is 9. The summed E-state index contributed by atoms with van der Waals surface area (Å²) in [7, 11) is 3.84. The number of aliphatic hydroxyl groups excluding tert-OH is 1. The van der Waals surface area contributed by atoms with Gasteiger partial charge < -0.3 is 19.6 Å². The summed E-state index contributed by atoms with van der Waals surface area (Å²) < 4.78 is 5.76. The van der Waals surface area contributed by atoms with Gasteiger partial charge in [-0.1, -0.05) is 55.3 Å². The second kappa shape index (κ2) is 10.5. The molecule has 1 aliphatic rings. The Labute approximate surface area is 190 Å². The van der Waals surface area contributed by atoms with Crippen molar-refractivity contribution in [2.24, 2.45) is 0 Å². The van der Waals surface area contributed by atoms with Crippen LogP contribution in [0.4, 0.5) is 0 Å². The minimum absolute atomic E-state index is 0.114. The molecule has 2 aromatic carbocycles. The van der Waals surface area contributed by atoms with Crippen LogP contribution in [-0.2, 0) is 9.59 Å². The van der Waals surface area contributed by atoms with E-state index >= 15 is 0 Å². The molecule has 0 radical (unpaired) electrons. The first-order valence-electron chi connectivity index (χ1n) is 11.1. The Bertz CT molecular complexity index is 995. The monoisotopic (exact) mass is 436 g/mol. The van der Waals surface area contributed by atoms with Crippen LogP contribution < -0.4 is 4.74 Å². The Hall–Kier alpha value is -3.12. The molecule has 1 saturated heterocycles. The van der Waals surface area contributed by atoms with Crippen molar-refractivity contribution in [3.63, 3.8) is 0 Å². The first-order chi connectivity index (χ1) is 15.3. The van der Waals surface area contributed by atoms with Gasteiger partial charge in [0.15, 0.2) is 0 Å². The molecule has 0 saturated carbocycles. The highest BCUT2D eigenvalue weighted by molar-refractivity contribution is 6.46. The lowest BCUT2D eigenvalue weighted by Gasteiger charge is -2.26. The molecule has 1 heterocycles. The zero-order chi connectivity index (χ0) is 23.3. The van der Waals surface area contributed by atoms with Gasteiger partial charge in [-0.15, -0.1) is 0 Å². The summed E-state index contributed by atoms with van der Waals surface area (Å²) in [5, 5.41) is 11.2. The molecule has 170 valence electrons. The Morgan fingerprint density at radius 3 is 2.50 bits per heavy atom. The predicted molar refractivity (Wildman–Crippen MR) is 126 cm³/mol. The van der Waals surface area contributed by atoms with Gasteiger partial charge >= 0.3 is 0 Å². The van der Waals surface area contributed by atoms with Crippen molar-refractivity contribution in [1.82, 2.24) is 9.80 Å². The number of carbonyl (C=O) groups excluding carboxylic acids is 2. The number of amides is 1. The van der Waals surface area contributed by atoms with Gasteiger partial charge in [0.1, 0.15) is 11.5 Å². The summed E-state index contributed by atoms with van der Waals surface area (Å²) in [5.74, 6) is -0.808. The molecule has 32 heavy (non-hydrogen) atoms. The third kappa shape index (κ3) is 5.19. The predicted octanol–water partition coefficient (Wildman–Crippen LogP) is 4.16. The molecule has 0 spiro atoms. The first kappa shape index (κ1) is 23.5. The molecule has 1 unspecified atom stereocenters. The number of ketones is 1. The molecular weight excluding hydrogens is 404 g/mol. The maximum atomic E-state index is 13.1. The maximum Gasteiger partial charge on any atom is 0.295 e. The van der Waals surface area contributed by atoms with Crippen LogP contribution in [0.1, 0.15) is 42.5 Å². The Morgan fingerprint density at radius 1 is 1.12 bits per heavy atom. The minimum Gasteiger partial charge on any atom is -0.507 e. The Balaban J connectivity index is 2.05. The fourth-order valence-electron chi connectivity index (χ4n) is 3.74. The quantitative estimate of drug-likeness (QED) is 0.277. The van der Waals surface area contributed by atoms with Crippen molar-refractivity contribution >= 4 is 17.4 Å². The van der Waals surface area contributed by atoms with E-state index in [1.807, 2.05) is 56.3 Å². The van der Waals surface area contributed by atoms with Crippen LogP contribution >= 0.6 is 0 Å². The molecule has 3 rings (SSSR count). The van der Waals surface area contributed by atoms with Gasteiger partial charge in [0, 0.05) is 18.7 Å². The molecule has 6 nitrogen and oxygen atoms in total. The van der Waals surface area contributed by atoms with E-state index in [0.717, 1.165) is 24.0 Å². The summed E-state index contributed by atoms with van der Waals surface area (Å²) in [4.78, 5) is 29.5. The van der Waals surface area contributed by atoms with E-state index < -0.39 is 17.7 Å². The molecule has 6 heteroatoms. The molecule has 0 aliphatic carbocycles. The number of benzene rings is 2. The molecule has 1 aliphatic heterocycles. The summed E-state index contributed by atoms with van der Waals surface area (Å²) in [6.45, 7) is 5.64. The van der Waals surface area contributed by atoms with Crippen molar-refractivity contribution in [1.29, 1.82) is 0 Å². The van der Waals surface area contributed by atoms with Gasteiger partial charge in [0.05, 0.1) is 18.2 Å². The summed E-state index contributed by atoms with van der Waals surface area (Å²) in [6.07, 6.45) is 1.95. The number of hydrogen-bond acceptors (Lipinski definition) is 5. The molecule has 1 amide bonds. The Morgan fingerprint density at radius 2 is 1.84 bits per heavy atom. The van der Waals surface area contributed by atoms with E-state index in [1.54, 1.807) is 23.1 Å². The van der Waals surface area contributed by atoms with Crippen LogP contribution in [-0.4, -0.2) is 60.4 Å². The van der Waals surface area contributed by atoms with Crippen LogP contribution in [0.25, 0.3) is 5.76 Å². The lowest BCUT2D eigenvalue weighted by atomic mass is 9.94. The lowest BCUT2D eigenvalue weighted by molar-refractivity contribution is -0.140. The average Bonchev–Trinajstić information content (AvgIpc) is 3.03. The van der Waals surface area contributed by atoms with Crippen LogP contribution in [0.2, 0.25) is 0 Å². The normalized spacial score (nSPS) is 17.9. The maximum absolute atomic E-state index is 13.1. The molecule has 2 aromatic rings. The number of hydrogen-bond donors (Lipinski definition) is 1. The van der Waals surface area contributed by atoms with Gasteiger partial charge in [-0.25, -0.2) is 0 Å². The fraction of sp³-hybridized carbons (Fsp3) is 0.385. The van der Waals surface area contributed by atoms with E-state index in [4.69, 9.17) is 4.74 Å². The van der Waals surface area contributed by atoms with Gasteiger partial charge in [-0.05, 0) is 45.1 Å². The van der Waals surface area contributed by atoms with E-state index in [9.17, 15) is 14.7 Å². The second-order valence-electron chi connectivity index (χ2n) is 8.44. The topological polar surface area (TPSA) is 70.1 Å². The number of likely N-dealkylation sites (N-methyl/N-ethyl adjacent to an activating group) is 1. The standard InChI is InChI=1S/C26H32N2O4/c1-5-6-16-32-21-9-7-8-20(17-21)24(29)22-23(19-12-10-18(2)11-13-19)28(15-14-27(3)4)26(31)25(22)30/h7-13,17,23,29H,5-6,14-16H2,1-4H3/b24-22+. The van der Waals surface area contributed by atoms with Crippen molar-refractivity contribution in [3.8, 4) is 5.75 Å². The number of unbranched alkanes of at least 4 members (excludes halogenated alkanes) is 1. The first-order valence-corrected chi connectivity index (χ1v) is 11.1. The van der Waals surface area contributed by atoms with Crippen LogP contribution in [0.5, 0.6) is 5.75 Å². The van der Waals surface area contributed by atoms with E-state index in [1.165, 1.54) is 0 Å². The molecule has 1 N–H and O–H groups in total. The number of carbonyl (C=O) groups is 2. The fourth-order valence-corrected chi connectivity index (χ4v) is 3.74. The molecule has 0 bridgehead atoms. The third-order valence-electron chi connectivity index (χ3n) is 5.60. The van der Waals surface area contributed by atoms with E-state index in [-0.39, 0.29) is 11.3 Å². The average molecular weight is 437 g/mol. The van der Waals surface area contributed by atoms with Crippen LogP contribution in [0.15, 0.2) is 54.1 Å². The van der Waals surface area contributed by atoms with Gasteiger partial charge in [0.25, 0.3) is 11.7 Å². The third-order valence-corrected chi connectivity index (χ3v) is 5.60. The van der Waals surface area contributed by atoms with E-state index in [2.05, 4.69) is 6.92 Å². The molecular formula is C26H32N2O4. The highest BCUT2D eigenvalue weighted by atomic mass is 16.5. The lowest BCUT2D eigenvalue weighted by Crippen LogP contribution is -2.35. The number of ether oxygens (including phenoxy) is 1.